The Morgan fingerprint density at radius 3 is 2.64 bits per heavy atom. The third-order valence-corrected chi connectivity index (χ3v) is 5.86. The Morgan fingerprint density at radius 2 is 1.91 bits per heavy atom. The normalized spacial score (nSPS) is 16.3. The highest BCUT2D eigenvalue weighted by Crippen LogP contribution is 2.34. The van der Waals surface area contributed by atoms with Gasteiger partial charge in [-0.3, -0.25) is 0 Å². The molecule has 112 valence electrons. The van der Waals surface area contributed by atoms with Crippen molar-refractivity contribution in [1.29, 1.82) is 0 Å². The number of piperidine rings is 1. The Labute approximate surface area is 142 Å². The van der Waals surface area contributed by atoms with Crippen LogP contribution in [0.1, 0.15) is 23.8 Å². The van der Waals surface area contributed by atoms with Crippen molar-refractivity contribution in [2.24, 2.45) is 0 Å². The molecule has 3 heterocycles. The van der Waals surface area contributed by atoms with Gasteiger partial charge in [-0.25, -0.2) is 9.97 Å². The van der Waals surface area contributed by atoms with Crippen LogP contribution in [0.3, 0.4) is 0 Å². The van der Waals surface area contributed by atoms with Crippen molar-refractivity contribution in [2.75, 3.05) is 18.0 Å². The minimum atomic E-state index is 0.587. The minimum absolute atomic E-state index is 0.587. The minimum Gasteiger partial charge on any atom is -0.357 e. The van der Waals surface area contributed by atoms with Crippen molar-refractivity contribution >= 4 is 43.3 Å². The lowest BCUT2D eigenvalue weighted by atomic mass is 9.97. The van der Waals surface area contributed by atoms with Gasteiger partial charge in [-0.1, -0.05) is 12.1 Å². The fourth-order valence-corrected chi connectivity index (χ4v) is 4.35. The summed E-state index contributed by atoms with van der Waals surface area (Å²) in [6.45, 7) is 2.10. The van der Waals surface area contributed by atoms with E-state index in [0.29, 0.717) is 5.92 Å². The second-order valence-corrected chi connectivity index (χ2v) is 7.59. The molecule has 22 heavy (non-hydrogen) atoms. The molecule has 1 fully saturated rings. The van der Waals surface area contributed by atoms with E-state index < -0.39 is 0 Å². The Morgan fingerprint density at radius 1 is 1.09 bits per heavy atom. The van der Waals surface area contributed by atoms with E-state index in [4.69, 9.17) is 4.98 Å². The maximum absolute atomic E-state index is 4.82. The molecule has 0 aliphatic carbocycles. The summed E-state index contributed by atoms with van der Waals surface area (Å²) in [5, 5.41) is 1.30. The summed E-state index contributed by atoms with van der Waals surface area (Å²) in [5.41, 5.74) is 1.14. The van der Waals surface area contributed by atoms with Gasteiger partial charge in [0.25, 0.3) is 0 Å². The number of aromatic nitrogens is 2. The number of rotatable bonds is 2. The van der Waals surface area contributed by atoms with Crippen molar-refractivity contribution in [2.45, 2.75) is 18.8 Å². The number of anilines is 1. The Hall–Kier alpha value is -1.46. The van der Waals surface area contributed by atoms with E-state index in [9.17, 15) is 0 Å². The molecule has 0 bridgehead atoms. The van der Waals surface area contributed by atoms with E-state index in [2.05, 4.69) is 62.2 Å². The number of hydrogen-bond donors (Lipinski definition) is 0. The topological polar surface area (TPSA) is 29.0 Å². The molecule has 0 spiro atoms. The summed E-state index contributed by atoms with van der Waals surface area (Å²) in [5.74, 6) is 1.66. The first-order valence-corrected chi connectivity index (χ1v) is 9.12. The van der Waals surface area contributed by atoms with Gasteiger partial charge in [-0.2, -0.15) is 0 Å². The van der Waals surface area contributed by atoms with Crippen LogP contribution in [0.5, 0.6) is 0 Å². The van der Waals surface area contributed by atoms with Gasteiger partial charge in [-0.15, -0.1) is 11.3 Å². The number of halogens is 1. The second kappa shape index (κ2) is 5.97. The molecule has 0 radical (unpaired) electrons. The molecule has 0 atom stereocenters. The lowest BCUT2D eigenvalue weighted by Crippen LogP contribution is -2.33. The van der Waals surface area contributed by atoms with Gasteiger partial charge in [0.05, 0.1) is 15.2 Å². The van der Waals surface area contributed by atoms with E-state index in [0.717, 1.165) is 41.7 Å². The maximum Gasteiger partial charge on any atom is 0.128 e. The second-order valence-electron chi connectivity index (χ2n) is 5.62. The number of nitrogens with zero attached hydrogens (tertiary/aromatic N) is 3. The van der Waals surface area contributed by atoms with Crippen molar-refractivity contribution < 1.29 is 0 Å². The SMILES string of the molecule is Brc1ccc(N2CCC(c3nc4ccccc4s3)CC2)nc1. The van der Waals surface area contributed by atoms with Crippen LogP contribution in [0.25, 0.3) is 10.2 Å². The smallest absolute Gasteiger partial charge is 0.128 e. The van der Waals surface area contributed by atoms with E-state index in [1.54, 1.807) is 0 Å². The van der Waals surface area contributed by atoms with Crippen LogP contribution in [0.4, 0.5) is 5.82 Å². The summed E-state index contributed by atoms with van der Waals surface area (Å²) in [7, 11) is 0. The summed E-state index contributed by atoms with van der Waals surface area (Å²) >= 11 is 5.29. The van der Waals surface area contributed by atoms with Gasteiger partial charge in [0.15, 0.2) is 0 Å². The molecule has 1 saturated heterocycles. The first-order chi connectivity index (χ1) is 10.8. The Bertz CT molecular complexity index is 743. The van der Waals surface area contributed by atoms with Gasteiger partial charge >= 0.3 is 0 Å². The van der Waals surface area contributed by atoms with Crippen LogP contribution in [0.2, 0.25) is 0 Å². The van der Waals surface area contributed by atoms with Crippen LogP contribution >= 0.6 is 27.3 Å². The summed E-state index contributed by atoms with van der Waals surface area (Å²) < 4.78 is 2.33. The zero-order chi connectivity index (χ0) is 14.9. The predicted octanol–water partition coefficient (Wildman–Crippen LogP) is 4.84. The fourth-order valence-electron chi connectivity index (χ4n) is 2.98. The highest BCUT2D eigenvalue weighted by atomic mass is 79.9. The largest absolute Gasteiger partial charge is 0.357 e. The van der Waals surface area contributed by atoms with Crippen LogP contribution in [-0.2, 0) is 0 Å². The summed E-state index contributed by atoms with van der Waals surface area (Å²) in [6.07, 6.45) is 4.17. The van der Waals surface area contributed by atoms with Gasteiger partial charge in [-0.05, 0) is 53.0 Å². The summed E-state index contributed by atoms with van der Waals surface area (Å²) in [4.78, 5) is 11.7. The molecule has 3 nitrogen and oxygen atoms in total. The first kappa shape index (κ1) is 14.2. The number of thiazole rings is 1. The van der Waals surface area contributed by atoms with E-state index >= 15 is 0 Å². The van der Waals surface area contributed by atoms with Crippen LogP contribution in [0.15, 0.2) is 47.1 Å². The average Bonchev–Trinajstić information content (AvgIpc) is 3.00. The third-order valence-electron chi connectivity index (χ3n) is 4.19. The average molecular weight is 374 g/mol. The van der Waals surface area contributed by atoms with E-state index in [-0.39, 0.29) is 0 Å². The molecule has 0 unspecified atom stereocenters. The molecule has 1 aliphatic rings. The van der Waals surface area contributed by atoms with Crippen molar-refractivity contribution in [3.63, 3.8) is 0 Å². The third kappa shape index (κ3) is 2.75. The highest BCUT2D eigenvalue weighted by Gasteiger charge is 2.23. The molecule has 0 saturated carbocycles. The van der Waals surface area contributed by atoms with Crippen molar-refractivity contribution in [1.82, 2.24) is 9.97 Å². The zero-order valence-corrected chi connectivity index (χ0v) is 14.5. The van der Waals surface area contributed by atoms with Gasteiger partial charge in [0, 0.05) is 29.7 Å². The quantitative estimate of drug-likeness (QED) is 0.643. The van der Waals surface area contributed by atoms with Gasteiger partial charge in [0.1, 0.15) is 5.82 Å². The number of fused-ring (bicyclic) bond motifs is 1. The summed E-state index contributed by atoms with van der Waals surface area (Å²) in [6, 6.07) is 12.6. The predicted molar refractivity (Wildman–Crippen MR) is 95.7 cm³/mol. The van der Waals surface area contributed by atoms with Crippen molar-refractivity contribution in [3.8, 4) is 0 Å². The molecule has 1 aliphatic heterocycles. The monoisotopic (exact) mass is 373 g/mol. The number of benzene rings is 1. The molecular formula is C17H16BrN3S. The van der Waals surface area contributed by atoms with Crippen LogP contribution in [-0.4, -0.2) is 23.1 Å². The maximum atomic E-state index is 4.82. The molecule has 3 aromatic rings. The fraction of sp³-hybridized carbons (Fsp3) is 0.294. The van der Waals surface area contributed by atoms with E-state index in [1.165, 1.54) is 9.71 Å². The molecule has 1 aromatic carbocycles. The van der Waals surface area contributed by atoms with Gasteiger partial charge in [0.2, 0.25) is 0 Å². The Balaban J connectivity index is 1.48. The van der Waals surface area contributed by atoms with Gasteiger partial charge < -0.3 is 4.90 Å². The number of pyridine rings is 1. The highest BCUT2D eigenvalue weighted by molar-refractivity contribution is 9.10. The standard InChI is InChI=1S/C17H16BrN3S/c18-13-5-6-16(19-11-13)21-9-7-12(8-10-21)17-20-14-3-1-2-4-15(14)22-17/h1-6,11-12H,7-10H2. The molecular weight excluding hydrogens is 358 g/mol. The molecule has 2 aromatic heterocycles. The molecule has 0 amide bonds. The lowest BCUT2D eigenvalue weighted by Gasteiger charge is -2.31. The molecule has 5 heteroatoms. The van der Waals surface area contributed by atoms with Crippen LogP contribution < -0.4 is 4.90 Å². The number of para-hydroxylation sites is 1. The van der Waals surface area contributed by atoms with Crippen LogP contribution in [0, 0.1) is 0 Å². The number of hydrogen-bond acceptors (Lipinski definition) is 4. The lowest BCUT2D eigenvalue weighted by molar-refractivity contribution is 0.501. The molecule has 4 rings (SSSR count). The van der Waals surface area contributed by atoms with Crippen molar-refractivity contribution in [3.05, 3.63) is 52.1 Å². The van der Waals surface area contributed by atoms with E-state index in [1.807, 2.05) is 17.5 Å². The Kier molecular flexibility index (Phi) is 3.84. The zero-order valence-electron chi connectivity index (χ0n) is 12.1. The first-order valence-electron chi connectivity index (χ1n) is 7.51. The molecule has 0 N–H and O–H groups in total.